The van der Waals surface area contributed by atoms with Crippen molar-refractivity contribution in [1.29, 1.82) is 0 Å². The number of pyridine rings is 1. The predicted molar refractivity (Wildman–Crippen MR) is 121 cm³/mol. The number of hydrogen-bond acceptors (Lipinski definition) is 4. The number of rotatable bonds is 7. The standard InChI is InChI=1S/C25H25N3O2/c1-5-13-27(2)16-20-14-19-15-21(9-10-23(19)28(20)3)30-17-18-8-11-24(29-4)25-22(18)7-6-12-26-25/h1,6-12,14-15H,13,16-17H2,2-4H3. The lowest BCUT2D eigenvalue weighted by atomic mass is 10.1. The highest BCUT2D eigenvalue weighted by atomic mass is 16.5. The Morgan fingerprint density at radius 3 is 2.83 bits per heavy atom. The first-order valence-electron chi connectivity index (χ1n) is 9.84. The Bertz CT molecular complexity index is 1240. The number of hydrogen-bond donors (Lipinski definition) is 0. The lowest BCUT2D eigenvalue weighted by Gasteiger charge is -2.13. The van der Waals surface area contributed by atoms with Crippen LogP contribution in [0.15, 0.2) is 54.7 Å². The first-order chi connectivity index (χ1) is 14.6. The molecule has 0 amide bonds. The fourth-order valence-electron chi connectivity index (χ4n) is 3.77. The molecule has 2 aromatic heterocycles. The molecule has 0 aliphatic carbocycles. The van der Waals surface area contributed by atoms with Crippen molar-refractivity contribution in [2.75, 3.05) is 20.7 Å². The average molecular weight is 399 g/mol. The van der Waals surface area contributed by atoms with Gasteiger partial charge in [0.2, 0.25) is 0 Å². The maximum atomic E-state index is 6.14. The van der Waals surface area contributed by atoms with E-state index in [0.29, 0.717) is 13.2 Å². The van der Waals surface area contributed by atoms with Crippen molar-refractivity contribution in [3.05, 3.63) is 66.0 Å². The minimum atomic E-state index is 0.461. The van der Waals surface area contributed by atoms with Crippen LogP contribution in [0.4, 0.5) is 0 Å². The van der Waals surface area contributed by atoms with Gasteiger partial charge in [-0.2, -0.15) is 0 Å². The second-order valence-corrected chi connectivity index (χ2v) is 7.41. The zero-order valence-corrected chi connectivity index (χ0v) is 17.6. The lowest BCUT2D eigenvalue weighted by Crippen LogP contribution is -2.19. The van der Waals surface area contributed by atoms with Crippen molar-refractivity contribution in [2.45, 2.75) is 13.2 Å². The number of methoxy groups -OCH3 is 1. The van der Waals surface area contributed by atoms with Gasteiger partial charge in [0, 0.05) is 41.8 Å². The molecule has 5 heteroatoms. The molecule has 4 rings (SSSR count). The van der Waals surface area contributed by atoms with E-state index in [1.807, 2.05) is 37.4 Å². The summed E-state index contributed by atoms with van der Waals surface area (Å²) in [7, 11) is 5.77. The van der Waals surface area contributed by atoms with Crippen LogP contribution in [-0.2, 0) is 20.2 Å². The normalized spacial score (nSPS) is 11.2. The second kappa shape index (κ2) is 8.48. The summed E-state index contributed by atoms with van der Waals surface area (Å²) in [4.78, 5) is 6.58. The van der Waals surface area contributed by atoms with Crippen LogP contribution >= 0.6 is 0 Å². The molecule has 0 N–H and O–H groups in total. The van der Waals surface area contributed by atoms with Gasteiger partial charge in [0.1, 0.15) is 23.6 Å². The molecule has 0 saturated heterocycles. The van der Waals surface area contributed by atoms with Gasteiger partial charge >= 0.3 is 0 Å². The minimum absolute atomic E-state index is 0.461. The van der Waals surface area contributed by atoms with Crippen LogP contribution in [0, 0.1) is 12.3 Å². The van der Waals surface area contributed by atoms with Gasteiger partial charge in [0.15, 0.2) is 0 Å². The molecule has 0 unspecified atom stereocenters. The highest BCUT2D eigenvalue weighted by Crippen LogP contribution is 2.29. The molecule has 0 aliphatic rings. The third-order valence-corrected chi connectivity index (χ3v) is 5.34. The molecule has 0 fully saturated rings. The largest absolute Gasteiger partial charge is 0.494 e. The van der Waals surface area contributed by atoms with E-state index >= 15 is 0 Å². The molecular formula is C25H25N3O2. The van der Waals surface area contributed by atoms with E-state index in [1.54, 1.807) is 13.3 Å². The molecule has 0 aliphatic heterocycles. The van der Waals surface area contributed by atoms with Crippen LogP contribution in [-0.4, -0.2) is 35.2 Å². The monoisotopic (exact) mass is 399 g/mol. The van der Waals surface area contributed by atoms with Gasteiger partial charge < -0.3 is 14.0 Å². The molecule has 0 saturated carbocycles. The van der Waals surface area contributed by atoms with Gasteiger partial charge in [-0.25, -0.2) is 0 Å². The summed E-state index contributed by atoms with van der Waals surface area (Å²) in [5.74, 6) is 4.29. The summed E-state index contributed by atoms with van der Waals surface area (Å²) in [6, 6.07) is 16.3. The van der Waals surface area contributed by atoms with E-state index in [2.05, 4.69) is 45.6 Å². The first-order valence-corrected chi connectivity index (χ1v) is 9.84. The molecule has 5 nitrogen and oxygen atoms in total. The minimum Gasteiger partial charge on any atom is -0.494 e. The van der Waals surface area contributed by atoms with Gasteiger partial charge in [-0.3, -0.25) is 9.88 Å². The molecular weight excluding hydrogens is 374 g/mol. The Hall–Kier alpha value is -3.49. The molecule has 0 atom stereocenters. The zero-order valence-electron chi connectivity index (χ0n) is 17.6. The Morgan fingerprint density at radius 1 is 1.17 bits per heavy atom. The van der Waals surface area contributed by atoms with E-state index in [9.17, 15) is 0 Å². The number of aromatic nitrogens is 2. The second-order valence-electron chi connectivity index (χ2n) is 7.41. The lowest BCUT2D eigenvalue weighted by molar-refractivity contribution is 0.308. The maximum absolute atomic E-state index is 6.14. The summed E-state index contributed by atoms with van der Waals surface area (Å²) in [5, 5.41) is 2.19. The summed E-state index contributed by atoms with van der Waals surface area (Å²) in [6.45, 7) is 1.89. The van der Waals surface area contributed by atoms with E-state index < -0.39 is 0 Å². The SMILES string of the molecule is C#CCN(C)Cc1cc2cc(OCc3ccc(OC)c4ncccc34)ccc2n1C. The van der Waals surface area contributed by atoms with Crippen LogP contribution in [0.3, 0.4) is 0 Å². The third kappa shape index (κ3) is 3.83. The Balaban J connectivity index is 1.57. The van der Waals surface area contributed by atoms with Crippen LogP contribution in [0.2, 0.25) is 0 Å². The number of terminal acetylenes is 1. The van der Waals surface area contributed by atoms with E-state index in [4.69, 9.17) is 15.9 Å². The summed E-state index contributed by atoms with van der Waals surface area (Å²) in [5.41, 5.74) is 4.31. The molecule has 0 radical (unpaired) electrons. The fourth-order valence-corrected chi connectivity index (χ4v) is 3.77. The molecule has 0 bridgehead atoms. The molecule has 4 aromatic rings. The van der Waals surface area contributed by atoms with Crippen molar-refractivity contribution in [3.63, 3.8) is 0 Å². The fraction of sp³-hybridized carbons (Fsp3) is 0.240. The van der Waals surface area contributed by atoms with Gasteiger partial charge in [0.25, 0.3) is 0 Å². The van der Waals surface area contributed by atoms with Crippen LogP contribution in [0.1, 0.15) is 11.3 Å². The van der Waals surface area contributed by atoms with Crippen LogP contribution in [0.25, 0.3) is 21.8 Å². The van der Waals surface area contributed by atoms with Crippen LogP contribution in [0.5, 0.6) is 11.5 Å². The number of fused-ring (bicyclic) bond motifs is 2. The third-order valence-electron chi connectivity index (χ3n) is 5.34. The van der Waals surface area contributed by atoms with E-state index in [1.165, 1.54) is 11.2 Å². The molecule has 2 aromatic carbocycles. The van der Waals surface area contributed by atoms with Gasteiger partial charge in [0.05, 0.1) is 13.7 Å². The first kappa shape index (κ1) is 19.8. The Morgan fingerprint density at radius 2 is 2.03 bits per heavy atom. The molecule has 152 valence electrons. The van der Waals surface area contributed by atoms with Crippen molar-refractivity contribution >= 4 is 21.8 Å². The van der Waals surface area contributed by atoms with Gasteiger partial charge in [-0.1, -0.05) is 18.1 Å². The predicted octanol–water partition coefficient (Wildman–Crippen LogP) is 4.38. The molecule has 0 spiro atoms. The zero-order chi connectivity index (χ0) is 21.1. The highest BCUT2D eigenvalue weighted by molar-refractivity contribution is 5.87. The molecule has 30 heavy (non-hydrogen) atoms. The number of benzene rings is 2. The summed E-state index contributed by atoms with van der Waals surface area (Å²) >= 11 is 0. The smallest absolute Gasteiger partial charge is 0.145 e. The topological polar surface area (TPSA) is 39.5 Å². The van der Waals surface area contributed by atoms with E-state index in [-0.39, 0.29) is 0 Å². The van der Waals surface area contributed by atoms with Crippen LogP contribution < -0.4 is 9.47 Å². The van der Waals surface area contributed by atoms with E-state index in [0.717, 1.165) is 39.9 Å². The van der Waals surface area contributed by atoms with Crippen molar-refractivity contribution in [1.82, 2.24) is 14.5 Å². The van der Waals surface area contributed by atoms with Gasteiger partial charge in [-0.05, 0) is 49.0 Å². The number of nitrogens with zero attached hydrogens (tertiary/aromatic N) is 3. The summed E-state index contributed by atoms with van der Waals surface area (Å²) < 4.78 is 13.8. The maximum Gasteiger partial charge on any atom is 0.145 e. The molecule has 2 heterocycles. The average Bonchev–Trinajstić information content (AvgIpc) is 3.06. The number of aryl methyl sites for hydroxylation is 1. The quantitative estimate of drug-likeness (QED) is 0.433. The summed E-state index contributed by atoms with van der Waals surface area (Å²) in [6.07, 6.45) is 7.20. The van der Waals surface area contributed by atoms with Crippen molar-refractivity contribution < 1.29 is 9.47 Å². The van der Waals surface area contributed by atoms with Crippen molar-refractivity contribution in [3.8, 4) is 23.8 Å². The Labute approximate surface area is 176 Å². The highest BCUT2D eigenvalue weighted by Gasteiger charge is 2.11. The Kier molecular flexibility index (Phi) is 5.60. The van der Waals surface area contributed by atoms with Gasteiger partial charge in [-0.15, -0.1) is 6.42 Å². The number of ether oxygens (including phenoxy) is 2. The van der Waals surface area contributed by atoms with Crippen molar-refractivity contribution in [2.24, 2.45) is 7.05 Å².